The summed E-state index contributed by atoms with van der Waals surface area (Å²) >= 11 is 0. The number of carbonyl (C=O) groups is 2. The van der Waals surface area contributed by atoms with Gasteiger partial charge in [0.05, 0.1) is 18.6 Å². The van der Waals surface area contributed by atoms with Crippen molar-refractivity contribution in [1.29, 1.82) is 0 Å². The first-order chi connectivity index (χ1) is 14.4. The first-order valence-electron chi connectivity index (χ1n) is 9.72. The largest absolute Gasteiger partial charge is 0.494 e. The van der Waals surface area contributed by atoms with Crippen LogP contribution in [0.1, 0.15) is 18.4 Å². The Kier molecular flexibility index (Phi) is 6.94. The molecule has 30 heavy (non-hydrogen) atoms. The maximum absolute atomic E-state index is 12.4. The van der Waals surface area contributed by atoms with Crippen molar-refractivity contribution in [3.05, 3.63) is 54.1 Å². The van der Waals surface area contributed by atoms with Gasteiger partial charge >= 0.3 is 11.8 Å². The van der Waals surface area contributed by atoms with Gasteiger partial charge < -0.3 is 15.4 Å². The van der Waals surface area contributed by atoms with Crippen LogP contribution in [0.4, 0.5) is 11.4 Å². The maximum Gasteiger partial charge on any atom is 0.313 e. The highest BCUT2D eigenvalue weighted by molar-refractivity contribution is 7.92. The minimum atomic E-state index is -3.39. The fourth-order valence-electron chi connectivity index (χ4n) is 3.25. The van der Waals surface area contributed by atoms with Gasteiger partial charge in [-0.25, -0.2) is 8.42 Å². The monoisotopic (exact) mass is 431 g/mol. The topological polar surface area (TPSA) is 105 Å². The van der Waals surface area contributed by atoms with Crippen LogP contribution in [0.2, 0.25) is 0 Å². The van der Waals surface area contributed by atoms with Crippen LogP contribution >= 0.6 is 0 Å². The first kappa shape index (κ1) is 21.6. The van der Waals surface area contributed by atoms with Gasteiger partial charge in [-0.15, -0.1) is 0 Å². The lowest BCUT2D eigenvalue weighted by molar-refractivity contribution is -0.136. The number of methoxy groups -OCH3 is 1. The first-order valence-corrected chi connectivity index (χ1v) is 11.3. The molecule has 0 aromatic heterocycles. The van der Waals surface area contributed by atoms with E-state index in [1.54, 1.807) is 12.1 Å². The number of hydrogen-bond acceptors (Lipinski definition) is 5. The zero-order valence-electron chi connectivity index (χ0n) is 16.8. The summed E-state index contributed by atoms with van der Waals surface area (Å²) in [6.45, 7) is 0.722. The summed E-state index contributed by atoms with van der Waals surface area (Å²) in [5.74, 6) is -1.14. The maximum atomic E-state index is 12.4. The molecule has 0 unspecified atom stereocenters. The fourth-order valence-corrected chi connectivity index (χ4v) is 4.90. The summed E-state index contributed by atoms with van der Waals surface area (Å²) in [5.41, 5.74) is 1.82. The Balaban J connectivity index is 1.62. The minimum Gasteiger partial charge on any atom is -0.494 e. The van der Waals surface area contributed by atoms with E-state index in [-0.39, 0.29) is 5.75 Å². The second kappa shape index (κ2) is 9.62. The van der Waals surface area contributed by atoms with Crippen molar-refractivity contribution < 1.29 is 22.7 Å². The number of hydrogen-bond donors (Lipinski definition) is 2. The lowest BCUT2D eigenvalue weighted by Crippen LogP contribution is -2.38. The predicted molar refractivity (Wildman–Crippen MR) is 115 cm³/mol. The molecular weight excluding hydrogens is 406 g/mol. The molecule has 2 amide bonds. The quantitative estimate of drug-likeness (QED) is 0.680. The summed E-state index contributed by atoms with van der Waals surface area (Å²) < 4.78 is 31.4. The Morgan fingerprint density at radius 3 is 2.53 bits per heavy atom. The number of nitrogens with one attached hydrogen (secondary N) is 2. The number of rotatable bonds is 6. The third kappa shape index (κ3) is 5.29. The molecule has 1 saturated heterocycles. The van der Waals surface area contributed by atoms with Gasteiger partial charge in [-0.2, -0.15) is 0 Å². The van der Waals surface area contributed by atoms with Crippen molar-refractivity contribution in [2.45, 2.75) is 19.3 Å². The van der Waals surface area contributed by atoms with Gasteiger partial charge in [0.25, 0.3) is 0 Å². The molecule has 1 fully saturated rings. The Morgan fingerprint density at radius 2 is 1.83 bits per heavy atom. The highest BCUT2D eigenvalue weighted by atomic mass is 32.2. The summed E-state index contributed by atoms with van der Waals surface area (Å²) in [4.78, 5) is 24.2. The van der Waals surface area contributed by atoms with Gasteiger partial charge in [-0.1, -0.05) is 30.3 Å². The smallest absolute Gasteiger partial charge is 0.313 e. The predicted octanol–water partition coefficient (Wildman–Crippen LogP) is 1.92. The zero-order chi connectivity index (χ0) is 21.6. The third-order valence-corrected chi connectivity index (χ3v) is 6.66. The van der Waals surface area contributed by atoms with Gasteiger partial charge in [0.15, 0.2) is 0 Å². The van der Waals surface area contributed by atoms with E-state index in [0.717, 1.165) is 12.0 Å². The van der Waals surface area contributed by atoms with E-state index in [4.69, 9.17) is 4.74 Å². The molecule has 2 aromatic carbocycles. The van der Waals surface area contributed by atoms with Crippen LogP contribution in [0.3, 0.4) is 0 Å². The van der Waals surface area contributed by atoms with E-state index in [2.05, 4.69) is 10.6 Å². The molecule has 9 heteroatoms. The fraction of sp³-hybridized carbons (Fsp3) is 0.333. The summed E-state index contributed by atoms with van der Waals surface area (Å²) in [7, 11) is -1.96. The van der Waals surface area contributed by atoms with Crippen LogP contribution in [-0.4, -0.2) is 46.2 Å². The number of benzene rings is 2. The lowest BCUT2D eigenvalue weighted by Gasteiger charge is -2.29. The van der Waals surface area contributed by atoms with E-state index in [9.17, 15) is 18.0 Å². The second-order valence-corrected chi connectivity index (χ2v) is 8.94. The van der Waals surface area contributed by atoms with Crippen molar-refractivity contribution in [2.75, 3.05) is 35.6 Å². The van der Waals surface area contributed by atoms with Crippen LogP contribution in [0, 0.1) is 0 Å². The Labute approximate surface area is 176 Å². The van der Waals surface area contributed by atoms with Gasteiger partial charge in [-0.3, -0.25) is 13.9 Å². The van der Waals surface area contributed by atoms with Crippen LogP contribution < -0.4 is 19.7 Å². The molecule has 160 valence electrons. The zero-order valence-corrected chi connectivity index (χ0v) is 17.6. The summed E-state index contributed by atoms with van der Waals surface area (Å²) in [6.07, 6.45) is 2.02. The average Bonchev–Trinajstić information content (AvgIpc) is 2.74. The van der Waals surface area contributed by atoms with E-state index in [0.29, 0.717) is 43.1 Å². The molecule has 2 N–H and O–H groups in total. The Hall–Kier alpha value is -3.07. The van der Waals surface area contributed by atoms with E-state index < -0.39 is 21.8 Å². The molecular formula is C21H25N3O5S. The van der Waals surface area contributed by atoms with Crippen LogP contribution in [0.25, 0.3) is 0 Å². The Morgan fingerprint density at radius 1 is 1.07 bits per heavy atom. The molecule has 0 aliphatic carbocycles. The number of ether oxygens (including phenoxy) is 1. The average molecular weight is 432 g/mol. The molecule has 2 aromatic rings. The van der Waals surface area contributed by atoms with Crippen molar-refractivity contribution in [3.63, 3.8) is 0 Å². The third-order valence-electron chi connectivity index (χ3n) is 4.80. The minimum absolute atomic E-state index is 0.0950. The highest BCUT2D eigenvalue weighted by Crippen LogP contribution is 2.34. The molecule has 8 nitrogen and oxygen atoms in total. The molecule has 1 heterocycles. The van der Waals surface area contributed by atoms with Crippen LogP contribution in [-0.2, 0) is 26.0 Å². The van der Waals surface area contributed by atoms with Crippen molar-refractivity contribution >= 4 is 33.2 Å². The van der Waals surface area contributed by atoms with Gasteiger partial charge in [0.1, 0.15) is 5.75 Å². The SMILES string of the molecule is COc1cc(NC(=O)C(=O)NCCc2ccccc2)ccc1N1CCCCS1(=O)=O. The number of anilines is 2. The summed E-state index contributed by atoms with van der Waals surface area (Å²) in [6, 6.07) is 14.3. The molecule has 3 rings (SSSR count). The molecule has 0 atom stereocenters. The van der Waals surface area contributed by atoms with Gasteiger partial charge in [0, 0.05) is 24.8 Å². The Bertz CT molecular complexity index is 1010. The molecule has 1 aliphatic heterocycles. The van der Waals surface area contributed by atoms with E-state index in [1.165, 1.54) is 17.5 Å². The van der Waals surface area contributed by atoms with Crippen molar-refractivity contribution in [1.82, 2.24) is 5.32 Å². The van der Waals surface area contributed by atoms with E-state index in [1.807, 2.05) is 30.3 Å². The molecule has 1 aliphatic rings. The van der Waals surface area contributed by atoms with Crippen LogP contribution in [0.5, 0.6) is 5.75 Å². The lowest BCUT2D eigenvalue weighted by atomic mass is 10.1. The normalized spacial score (nSPS) is 15.3. The standard InChI is InChI=1S/C21H25N3O5S/c1-29-19-15-17(9-10-18(19)24-13-5-6-14-30(24,27)28)23-21(26)20(25)22-12-11-16-7-3-2-4-8-16/h2-4,7-10,15H,5-6,11-14H2,1H3,(H,22,25)(H,23,26). The van der Waals surface area contributed by atoms with Crippen molar-refractivity contribution in [3.8, 4) is 5.75 Å². The summed E-state index contributed by atoms with van der Waals surface area (Å²) in [5, 5.41) is 5.10. The highest BCUT2D eigenvalue weighted by Gasteiger charge is 2.28. The molecule has 0 radical (unpaired) electrons. The molecule has 0 bridgehead atoms. The number of carbonyl (C=O) groups excluding carboxylic acids is 2. The van der Waals surface area contributed by atoms with Gasteiger partial charge in [0.2, 0.25) is 10.0 Å². The van der Waals surface area contributed by atoms with Gasteiger partial charge in [-0.05, 0) is 37.0 Å². The van der Waals surface area contributed by atoms with E-state index >= 15 is 0 Å². The number of nitrogens with zero attached hydrogens (tertiary/aromatic N) is 1. The second-order valence-electron chi connectivity index (χ2n) is 6.93. The number of amides is 2. The molecule has 0 spiro atoms. The molecule has 0 saturated carbocycles. The van der Waals surface area contributed by atoms with Crippen molar-refractivity contribution in [2.24, 2.45) is 0 Å². The number of sulfonamides is 1. The van der Waals surface area contributed by atoms with Crippen LogP contribution in [0.15, 0.2) is 48.5 Å².